The number of nitriles is 1. The highest BCUT2D eigenvalue weighted by Crippen LogP contribution is 2.17. The first kappa shape index (κ1) is 13.9. The molecule has 0 aromatic heterocycles. The van der Waals surface area contributed by atoms with Gasteiger partial charge < -0.3 is 15.8 Å². The molecule has 1 aromatic rings. The Hall–Kier alpha value is -2.13. The number of carbonyl (C=O) groups is 1. The first-order valence-electron chi connectivity index (χ1n) is 5.42. The lowest BCUT2D eigenvalue weighted by Crippen LogP contribution is -2.29. The fourth-order valence-electron chi connectivity index (χ4n) is 1.24. The molecule has 6 heteroatoms. The molecule has 0 aliphatic carbocycles. The third-order valence-electron chi connectivity index (χ3n) is 2.15. The van der Waals surface area contributed by atoms with Crippen LogP contribution < -0.4 is 15.8 Å². The molecule has 0 atom stereocenters. The number of amides is 1. The van der Waals surface area contributed by atoms with Crippen LogP contribution in [-0.2, 0) is 11.3 Å². The minimum Gasteiger partial charge on any atom is -0.481 e. The minimum atomic E-state index is -0.553. The van der Waals surface area contributed by atoms with Gasteiger partial charge in [0, 0.05) is 13.1 Å². The number of hydrogen-bond acceptors (Lipinski definition) is 4. The van der Waals surface area contributed by atoms with Crippen molar-refractivity contribution in [2.45, 2.75) is 13.0 Å². The lowest BCUT2D eigenvalue weighted by atomic mass is 10.2. The highest BCUT2D eigenvalue weighted by molar-refractivity contribution is 5.77. The average Bonchev–Trinajstić information content (AvgIpc) is 2.37. The number of carbonyl (C=O) groups excluding carboxylic acids is 1. The molecule has 0 saturated carbocycles. The van der Waals surface area contributed by atoms with Gasteiger partial charge in [0.15, 0.2) is 18.2 Å². The van der Waals surface area contributed by atoms with Crippen LogP contribution in [-0.4, -0.2) is 19.1 Å². The minimum absolute atomic E-state index is 0.00244. The zero-order chi connectivity index (χ0) is 13.4. The van der Waals surface area contributed by atoms with Gasteiger partial charge in [0.1, 0.15) is 0 Å². The summed E-state index contributed by atoms with van der Waals surface area (Å²) in [6, 6.07) is 6.22. The Morgan fingerprint density at radius 3 is 2.94 bits per heavy atom. The Morgan fingerprint density at radius 1 is 1.56 bits per heavy atom. The summed E-state index contributed by atoms with van der Waals surface area (Å²) in [5.41, 5.74) is 6.01. The van der Waals surface area contributed by atoms with E-state index >= 15 is 0 Å². The first-order chi connectivity index (χ1) is 8.67. The van der Waals surface area contributed by atoms with Crippen LogP contribution in [0.25, 0.3) is 0 Å². The first-order valence-corrected chi connectivity index (χ1v) is 5.42. The van der Waals surface area contributed by atoms with Gasteiger partial charge in [0.05, 0.1) is 12.5 Å². The molecule has 3 N–H and O–H groups in total. The smallest absolute Gasteiger partial charge is 0.257 e. The van der Waals surface area contributed by atoms with Gasteiger partial charge in [-0.1, -0.05) is 6.07 Å². The summed E-state index contributed by atoms with van der Waals surface area (Å²) in [5.74, 6) is -0.946. The van der Waals surface area contributed by atoms with Crippen molar-refractivity contribution in [2.75, 3.05) is 13.2 Å². The van der Waals surface area contributed by atoms with Crippen molar-refractivity contribution in [1.29, 1.82) is 5.26 Å². The Labute approximate surface area is 104 Å². The van der Waals surface area contributed by atoms with Gasteiger partial charge in [0.2, 0.25) is 0 Å². The molecule has 0 aliphatic rings. The number of nitrogens with zero attached hydrogens (tertiary/aromatic N) is 1. The topological polar surface area (TPSA) is 88.1 Å². The summed E-state index contributed by atoms with van der Waals surface area (Å²) in [5, 5.41) is 10.7. The second kappa shape index (κ2) is 7.25. The highest BCUT2D eigenvalue weighted by Gasteiger charge is 2.07. The number of benzene rings is 1. The molecule has 0 aliphatic heterocycles. The van der Waals surface area contributed by atoms with Gasteiger partial charge in [0.25, 0.3) is 5.91 Å². The molecule has 96 valence electrons. The number of rotatable bonds is 6. The van der Waals surface area contributed by atoms with E-state index in [-0.39, 0.29) is 31.9 Å². The SMILES string of the molecule is N#CCCNC(=O)COc1ccc(CN)cc1F. The van der Waals surface area contributed by atoms with Gasteiger partial charge in [-0.05, 0) is 17.7 Å². The second-order valence-corrected chi connectivity index (χ2v) is 3.52. The van der Waals surface area contributed by atoms with Crippen molar-refractivity contribution in [2.24, 2.45) is 5.73 Å². The predicted octanol–water partition coefficient (Wildman–Crippen LogP) is 0.693. The zero-order valence-electron chi connectivity index (χ0n) is 9.78. The standard InChI is InChI=1S/C12H14FN3O2/c13-10-6-9(7-15)2-3-11(10)18-8-12(17)16-5-1-4-14/h2-3,6H,1,5,7-8,15H2,(H,16,17). The molecule has 0 unspecified atom stereocenters. The van der Waals surface area contributed by atoms with E-state index in [1.54, 1.807) is 6.07 Å². The van der Waals surface area contributed by atoms with Crippen molar-refractivity contribution in [3.8, 4) is 11.8 Å². The molecule has 0 fully saturated rings. The summed E-state index contributed by atoms with van der Waals surface area (Å²) in [6.07, 6.45) is 0.227. The molecule has 0 heterocycles. The molecule has 0 saturated heterocycles. The van der Waals surface area contributed by atoms with E-state index in [9.17, 15) is 9.18 Å². The van der Waals surface area contributed by atoms with Gasteiger partial charge in [-0.3, -0.25) is 4.79 Å². The molecule has 5 nitrogen and oxygen atoms in total. The number of halogens is 1. The second-order valence-electron chi connectivity index (χ2n) is 3.52. The van der Waals surface area contributed by atoms with Crippen LogP contribution >= 0.6 is 0 Å². The molecule has 0 bridgehead atoms. The normalized spacial score (nSPS) is 9.61. The van der Waals surface area contributed by atoms with Crippen LogP contribution in [0.1, 0.15) is 12.0 Å². The number of nitrogens with one attached hydrogen (secondary N) is 1. The molecule has 1 aromatic carbocycles. The Bertz CT molecular complexity index is 457. The summed E-state index contributed by atoms with van der Waals surface area (Å²) in [6.45, 7) is 0.212. The lowest BCUT2D eigenvalue weighted by Gasteiger charge is -2.08. The van der Waals surface area contributed by atoms with Crippen LogP contribution in [0.2, 0.25) is 0 Å². The fourth-order valence-corrected chi connectivity index (χ4v) is 1.24. The molecule has 1 amide bonds. The molecule has 1 rings (SSSR count). The Balaban J connectivity index is 2.44. The monoisotopic (exact) mass is 251 g/mol. The van der Waals surface area contributed by atoms with Crippen molar-refractivity contribution in [3.05, 3.63) is 29.6 Å². The van der Waals surface area contributed by atoms with E-state index in [4.69, 9.17) is 15.7 Å². The molecule has 0 spiro atoms. The van der Waals surface area contributed by atoms with E-state index in [1.807, 2.05) is 6.07 Å². The van der Waals surface area contributed by atoms with Gasteiger partial charge in [-0.25, -0.2) is 4.39 Å². The van der Waals surface area contributed by atoms with Crippen LogP contribution in [0, 0.1) is 17.1 Å². The van der Waals surface area contributed by atoms with E-state index in [0.717, 1.165) is 0 Å². The molecular weight excluding hydrogens is 237 g/mol. The van der Waals surface area contributed by atoms with Crippen LogP contribution in [0.15, 0.2) is 18.2 Å². The number of ether oxygens (including phenoxy) is 1. The summed E-state index contributed by atoms with van der Waals surface area (Å²) >= 11 is 0. The third-order valence-corrected chi connectivity index (χ3v) is 2.15. The highest BCUT2D eigenvalue weighted by atomic mass is 19.1. The summed E-state index contributed by atoms with van der Waals surface area (Å²) < 4.78 is 18.5. The van der Waals surface area contributed by atoms with E-state index in [2.05, 4.69) is 5.32 Å². The van der Waals surface area contributed by atoms with Crippen molar-refractivity contribution >= 4 is 5.91 Å². The fraction of sp³-hybridized carbons (Fsp3) is 0.333. The molecule has 18 heavy (non-hydrogen) atoms. The van der Waals surface area contributed by atoms with E-state index < -0.39 is 11.7 Å². The Kier molecular flexibility index (Phi) is 5.61. The number of hydrogen-bond donors (Lipinski definition) is 2. The maximum Gasteiger partial charge on any atom is 0.257 e. The van der Waals surface area contributed by atoms with Crippen LogP contribution in [0.3, 0.4) is 0 Å². The lowest BCUT2D eigenvalue weighted by molar-refractivity contribution is -0.123. The maximum absolute atomic E-state index is 13.4. The van der Waals surface area contributed by atoms with E-state index in [0.29, 0.717) is 5.56 Å². The van der Waals surface area contributed by atoms with E-state index in [1.165, 1.54) is 12.1 Å². The summed E-state index contributed by atoms with van der Waals surface area (Å²) in [7, 11) is 0. The third kappa shape index (κ3) is 4.39. The van der Waals surface area contributed by atoms with Crippen molar-refractivity contribution < 1.29 is 13.9 Å². The quantitative estimate of drug-likeness (QED) is 0.728. The van der Waals surface area contributed by atoms with Gasteiger partial charge >= 0.3 is 0 Å². The summed E-state index contributed by atoms with van der Waals surface area (Å²) in [4.78, 5) is 11.2. The molecule has 0 radical (unpaired) electrons. The van der Waals surface area contributed by atoms with Crippen LogP contribution in [0.4, 0.5) is 4.39 Å². The largest absolute Gasteiger partial charge is 0.481 e. The van der Waals surface area contributed by atoms with Crippen molar-refractivity contribution in [3.63, 3.8) is 0 Å². The molecular formula is C12H14FN3O2. The average molecular weight is 251 g/mol. The predicted molar refractivity (Wildman–Crippen MR) is 63.0 cm³/mol. The van der Waals surface area contributed by atoms with Crippen molar-refractivity contribution in [1.82, 2.24) is 5.32 Å². The maximum atomic E-state index is 13.4. The number of nitrogens with two attached hydrogens (primary N) is 1. The zero-order valence-corrected chi connectivity index (χ0v) is 9.78. The Morgan fingerprint density at radius 2 is 2.33 bits per heavy atom. The van der Waals surface area contributed by atoms with Gasteiger partial charge in [-0.2, -0.15) is 5.26 Å². The van der Waals surface area contributed by atoms with Crippen LogP contribution in [0.5, 0.6) is 5.75 Å². The van der Waals surface area contributed by atoms with Gasteiger partial charge in [-0.15, -0.1) is 0 Å².